The Balaban J connectivity index is 2.14. The van der Waals surface area contributed by atoms with Crippen LogP contribution in [-0.4, -0.2) is 11.2 Å². The third-order valence-electron chi connectivity index (χ3n) is 2.94. The van der Waals surface area contributed by atoms with Crippen molar-refractivity contribution in [2.24, 2.45) is 17.8 Å². The SMILES string of the molecule is N#CC1CC2CC(O)C1C2. The minimum absolute atomic E-state index is 0.161. The monoisotopic (exact) mass is 137 g/mol. The number of nitrogens with zero attached hydrogens (tertiary/aromatic N) is 1. The summed E-state index contributed by atoms with van der Waals surface area (Å²) in [6, 6.07) is 2.27. The van der Waals surface area contributed by atoms with Crippen LogP contribution in [0, 0.1) is 29.1 Å². The lowest BCUT2D eigenvalue weighted by molar-refractivity contribution is 0.0960. The lowest BCUT2D eigenvalue weighted by Crippen LogP contribution is -2.22. The van der Waals surface area contributed by atoms with E-state index in [9.17, 15) is 5.11 Å². The van der Waals surface area contributed by atoms with Gasteiger partial charge in [0.25, 0.3) is 0 Å². The molecule has 2 rings (SSSR count). The van der Waals surface area contributed by atoms with Crippen molar-refractivity contribution in [3.63, 3.8) is 0 Å². The molecule has 0 spiro atoms. The molecule has 10 heavy (non-hydrogen) atoms. The van der Waals surface area contributed by atoms with Crippen molar-refractivity contribution in [1.29, 1.82) is 5.26 Å². The van der Waals surface area contributed by atoms with Gasteiger partial charge in [-0.05, 0) is 25.2 Å². The molecule has 0 heterocycles. The van der Waals surface area contributed by atoms with Gasteiger partial charge in [0.1, 0.15) is 0 Å². The summed E-state index contributed by atoms with van der Waals surface area (Å²) >= 11 is 0. The van der Waals surface area contributed by atoms with Crippen LogP contribution in [0.5, 0.6) is 0 Å². The molecule has 2 saturated carbocycles. The summed E-state index contributed by atoms with van der Waals surface area (Å²) in [7, 11) is 0. The van der Waals surface area contributed by atoms with Gasteiger partial charge in [0.15, 0.2) is 0 Å². The van der Waals surface area contributed by atoms with E-state index in [0.717, 1.165) is 19.3 Å². The highest BCUT2D eigenvalue weighted by Gasteiger charge is 2.45. The van der Waals surface area contributed by atoms with E-state index in [1.807, 2.05) is 0 Å². The number of aliphatic hydroxyl groups is 1. The minimum Gasteiger partial charge on any atom is -0.393 e. The Morgan fingerprint density at radius 2 is 2.10 bits per heavy atom. The Kier molecular flexibility index (Phi) is 1.21. The molecule has 0 amide bonds. The van der Waals surface area contributed by atoms with E-state index in [2.05, 4.69) is 6.07 Å². The number of nitriles is 1. The molecule has 0 aromatic carbocycles. The summed E-state index contributed by atoms with van der Waals surface area (Å²) in [4.78, 5) is 0. The first kappa shape index (κ1) is 6.18. The first-order valence-electron chi connectivity index (χ1n) is 3.89. The smallest absolute Gasteiger partial charge is 0.0659 e. The van der Waals surface area contributed by atoms with E-state index in [1.165, 1.54) is 0 Å². The fourth-order valence-electron chi connectivity index (χ4n) is 2.46. The lowest BCUT2D eigenvalue weighted by atomic mass is 9.88. The van der Waals surface area contributed by atoms with E-state index < -0.39 is 0 Å². The number of rotatable bonds is 0. The van der Waals surface area contributed by atoms with Crippen molar-refractivity contribution in [3.8, 4) is 6.07 Å². The fraction of sp³-hybridized carbons (Fsp3) is 0.875. The topological polar surface area (TPSA) is 44.0 Å². The summed E-state index contributed by atoms with van der Waals surface area (Å²) in [5.41, 5.74) is 0. The Bertz CT molecular complexity index is 184. The second kappa shape index (κ2) is 1.96. The molecule has 54 valence electrons. The quantitative estimate of drug-likeness (QED) is 0.539. The van der Waals surface area contributed by atoms with Crippen LogP contribution >= 0.6 is 0 Å². The number of hydrogen-bond acceptors (Lipinski definition) is 2. The largest absolute Gasteiger partial charge is 0.393 e. The Labute approximate surface area is 60.5 Å². The van der Waals surface area contributed by atoms with E-state index >= 15 is 0 Å². The predicted octanol–water partition coefficient (Wildman–Crippen LogP) is 0.917. The summed E-state index contributed by atoms with van der Waals surface area (Å²) in [5, 5.41) is 18.0. The first-order chi connectivity index (χ1) is 4.81. The maximum absolute atomic E-state index is 9.37. The fourth-order valence-corrected chi connectivity index (χ4v) is 2.46. The zero-order valence-electron chi connectivity index (χ0n) is 5.83. The van der Waals surface area contributed by atoms with Gasteiger partial charge in [0.05, 0.1) is 18.1 Å². The van der Waals surface area contributed by atoms with Gasteiger partial charge in [-0.1, -0.05) is 0 Å². The van der Waals surface area contributed by atoms with Crippen LogP contribution in [0.3, 0.4) is 0 Å². The molecular formula is C8H11NO. The van der Waals surface area contributed by atoms with Crippen molar-refractivity contribution < 1.29 is 5.11 Å². The molecule has 2 nitrogen and oxygen atoms in total. The first-order valence-corrected chi connectivity index (χ1v) is 3.89. The molecule has 2 bridgehead atoms. The van der Waals surface area contributed by atoms with Gasteiger partial charge in [0, 0.05) is 5.92 Å². The second-order valence-electron chi connectivity index (χ2n) is 3.54. The van der Waals surface area contributed by atoms with Gasteiger partial charge in [-0.25, -0.2) is 0 Å². The molecule has 0 saturated heterocycles. The van der Waals surface area contributed by atoms with Gasteiger partial charge in [-0.15, -0.1) is 0 Å². The highest BCUT2D eigenvalue weighted by molar-refractivity contribution is 5.03. The van der Waals surface area contributed by atoms with E-state index in [4.69, 9.17) is 5.26 Å². The van der Waals surface area contributed by atoms with Gasteiger partial charge in [0.2, 0.25) is 0 Å². The molecule has 0 aliphatic heterocycles. The molecule has 2 heteroatoms. The molecular weight excluding hydrogens is 126 g/mol. The van der Waals surface area contributed by atoms with E-state index in [-0.39, 0.29) is 12.0 Å². The van der Waals surface area contributed by atoms with Crippen molar-refractivity contribution in [1.82, 2.24) is 0 Å². The molecule has 2 aliphatic carbocycles. The molecule has 0 aromatic heterocycles. The normalized spacial score (nSPS) is 51.2. The summed E-state index contributed by atoms with van der Waals surface area (Å²) < 4.78 is 0. The van der Waals surface area contributed by atoms with E-state index in [1.54, 1.807) is 0 Å². The second-order valence-corrected chi connectivity index (χ2v) is 3.54. The van der Waals surface area contributed by atoms with Crippen LogP contribution in [0.25, 0.3) is 0 Å². The summed E-state index contributed by atoms with van der Waals surface area (Å²) in [6.07, 6.45) is 2.92. The third-order valence-corrected chi connectivity index (χ3v) is 2.94. The minimum atomic E-state index is -0.164. The lowest BCUT2D eigenvalue weighted by Gasteiger charge is -2.19. The molecule has 4 atom stereocenters. The zero-order chi connectivity index (χ0) is 7.14. The Morgan fingerprint density at radius 3 is 2.50 bits per heavy atom. The summed E-state index contributed by atoms with van der Waals surface area (Å²) in [6.45, 7) is 0. The zero-order valence-corrected chi connectivity index (χ0v) is 5.83. The molecule has 4 unspecified atom stereocenters. The highest BCUT2D eigenvalue weighted by atomic mass is 16.3. The third kappa shape index (κ3) is 0.674. The maximum atomic E-state index is 9.37. The Hall–Kier alpha value is -0.550. The van der Waals surface area contributed by atoms with Crippen LogP contribution in [0.2, 0.25) is 0 Å². The average Bonchev–Trinajstić information content (AvgIpc) is 2.44. The van der Waals surface area contributed by atoms with E-state index in [0.29, 0.717) is 11.8 Å². The Morgan fingerprint density at radius 1 is 1.30 bits per heavy atom. The van der Waals surface area contributed by atoms with Crippen molar-refractivity contribution >= 4 is 0 Å². The molecule has 2 fully saturated rings. The average molecular weight is 137 g/mol. The van der Waals surface area contributed by atoms with Gasteiger partial charge >= 0.3 is 0 Å². The van der Waals surface area contributed by atoms with Crippen LogP contribution < -0.4 is 0 Å². The number of hydrogen-bond donors (Lipinski definition) is 1. The highest BCUT2D eigenvalue weighted by Crippen LogP contribution is 2.47. The standard InChI is InChI=1S/C8H11NO/c9-4-6-1-5-2-7(6)8(10)3-5/h5-8,10H,1-3H2. The van der Waals surface area contributed by atoms with Crippen molar-refractivity contribution in [3.05, 3.63) is 0 Å². The van der Waals surface area contributed by atoms with Gasteiger partial charge in [-0.2, -0.15) is 5.26 Å². The van der Waals surface area contributed by atoms with Gasteiger partial charge < -0.3 is 5.11 Å². The maximum Gasteiger partial charge on any atom is 0.0659 e. The molecule has 0 aromatic rings. The number of fused-ring (bicyclic) bond motifs is 2. The van der Waals surface area contributed by atoms with Crippen LogP contribution in [-0.2, 0) is 0 Å². The van der Waals surface area contributed by atoms with Crippen LogP contribution in [0.15, 0.2) is 0 Å². The molecule has 1 N–H and O–H groups in total. The van der Waals surface area contributed by atoms with Crippen molar-refractivity contribution in [2.45, 2.75) is 25.4 Å². The number of aliphatic hydroxyl groups excluding tert-OH is 1. The predicted molar refractivity (Wildman–Crippen MR) is 35.9 cm³/mol. The molecule has 0 radical (unpaired) electrons. The van der Waals surface area contributed by atoms with Crippen molar-refractivity contribution in [2.75, 3.05) is 0 Å². The van der Waals surface area contributed by atoms with Gasteiger partial charge in [-0.3, -0.25) is 0 Å². The summed E-state index contributed by atoms with van der Waals surface area (Å²) in [5.74, 6) is 1.13. The van der Waals surface area contributed by atoms with Crippen LogP contribution in [0.4, 0.5) is 0 Å². The molecule has 2 aliphatic rings. The van der Waals surface area contributed by atoms with Crippen LogP contribution in [0.1, 0.15) is 19.3 Å².